The van der Waals surface area contributed by atoms with Crippen molar-refractivity contribution < 1.29 is 14.3 Å². The number of nitrogens with zero attached hydrogens (tertiary/aromatic N) is 4. The fourth-order valence-electron chi connectivity index (χ4n) is 4.51. The molecule has 1 aliphatic rings. The Balaban J connectivity index is 1.43. The van der Waals surface area contributed by atoms with E-state index in [2.05, 4.69) is 39.1 Å². The Hall–Kier alpha value is -3.84. The second-order valence-corrected chi connectivity index (χ2v) is 8.99. The summed E-state index contributed by atoms with van der Waals surface area (Å²) in [5, 5.41) is 18.7. The third kappa shape index (κ3) is 5.00. The van der Waals surface area contributed by atoms with E-state index in [0.717, 1.165) is 46.9 Å². The van der Waals surface area contributed by atoms with Crippen LogP contribution in [0.15, 0.2) is 65.2 Å². The van der Waals surface area contributed by atoms with Gasteiger partial charge in [0.1, 0.15) is 0 Å². The van der Waals surface area contributed by atoms with Crippen LogP contribution in [0, 0.1) is 5.92 Å². The molecular weight excluding hydrogens is 440 g/mol. The summed E-state index contributed by atoms with van der Waals surface area (Å²) < 4.78 is 6.10. The first-order chi connectivity index (χ1) is 17.1. The van der Waals surface area contributed by atoms with Crippen LogP contribution >= 0.6 is 0 Å². The van der Waals surface area contributed by atoms with Gasteiger partial charge in [-0.25, -0.2) is 0 Å². The SMILES string of the molecule is CCCCC(=Cc1nnc(-c2ccc(CN3CC(C(=O)O)C3)c3ncccc23)o1)c1ccccc1. The van der Waals surface area contributed by atoms with Crippen LogP contribution in [0.25, 0.3) is 34.0 Å². The number of unbranched alkanes of at least 4 members (excludes halogenated alkanes) is 1. The maximum Gasteiger partial charge on any atom is 0.309 e. The zero-order valence-electron chi connectivity index (χ0n) is 19.7. The predicted octanol–water partition coefficient (Wildman–Crippen LogP) is 5.53. The van der Waals surface area contributed by atoms with Gasteiger partial charge in [-0.15, -0.1) is 10.2 Å². The second-order valence-electron chi connectivity index (χ2n) is 8.99. The average Bonchev–Trinajstić information content (AvgIpc) is 3.32. The average molecular weight is 469 g/mol. The highest BCUT2D eigenvalue weighted by Gasteiger charge is 2.32. The van der Waals surface area contributed by atoms with Crippen molar-refractivity contribution >= 4 is 28.5 Å². The number of aliphatic carboxylic acids is 1. The molecule has 4 aromatic rings. The highest BCUT2D eigenvalue weighted by molar-refractivity contribution is 5.94. The molecule has 0 spiro atoms. The van der Waals surface area contributed by atoms with Crippen molar-refractivity contribution in [2.75, 3.05) is 13.1 Å². The molecule has 0 atom stereocenters. The number of hydrogen-bond acceptors (Lipinski definition) is 6. The zero-order valence-corrected chi connectivity index (χ0v) is 19.7. The van der Waals surface area contributed by atoms with Crippen molar-refractivity contribution in [3.63, 3.8) is 0 Å². The number of benzene rings is 2. The lowest BCUT2D eigenvalue weighted by atomic mass is 9.98. The van der Waals surface area contributed by atoms with Crippen LogP contribution in [-0.2, 0) is 11.3 Å². The summed E-state index contributed by atoms with van der Waals surface area (Å²) in [5.74, 6) is -0.0719. The molecule has 0 amide bonds. The first-order valence-electron chi connectivity index (χ1n) is 12.0. The molecule has 2 aromatic heterocycles. The lowest BCUT2D eigenvalue weighted by Crippen LogP contribution is -2.49. The molecule has 0 radical (unpaired) electrons. The summed E-state index contributed by atoms with van der Waals surface area (Å²) in [7, 11) is 0. The third-order valence-corrected chi connectivity index (χ3v) is 6.47. The monoisotopic (exact) mass is 468 g/mol. The Morgan fingerprint density at radius 1 is 1.11 bits per heavy atom. The first kappa shape index (κ1) is 22.9. The molecule has 178 valence electrons. The van der Waals surface area contributed by atoms with Gasteiger partial charge in [-0.2, -0.15) is 0 Å². The number of aromatic nitrogens is 3. The maximum atomic E-state index is 11.1. The van der Waals surface area contributed by atoms with Gasteiger partial charge >= 0.3 is 5.97 Å². The Bertz CT molecular complexity index is 1360. The van der Waals surface area contributed by atoms with E-state index < -0.39 is 5.97 Å². The number of carbonyl (C=O) groups is 1. The van der Waals surface area contributed by atoms with Crippen molar-refractivity contribution in [1.29, 1.82) is 0 Å². The van der Waals surface area contributed by atoms with Crippen molar-refractivity contribution in [2.45, 2.75) is 32.7 Å². The Kier molecular flexibility index (Phi) is 6.68. The van der Waals surface area contributed by atoms with E-state index in [1.165, 1.54) is 5.57 Å². The van der Waals surface area contributed by atoms with E-state index in [9.17, 15) is 4.79 Å². The van der Waals surface area contributed by atoms with Crippen LogP contribution in [0.4, 0.5) is 0 Å². The van der Waals surface area contributed by atoms with Crippen LogP contribution in [0.3, 0.4) is 0 Å². The molecule has 1 saturated heterocycles. The molecule has 7 heteroatoms. The van der Waals surface area contributed by atoms with Crippen molar-refractivity contribution in [1.82, 2.24) is 20.1 Å². The van der Waals surface area contributed by atoms with Crippen molar-refractivity contribution in [2.24, 2.45) is 5.92 Å². The van der Waals surface area contributed by atoms with Crippen LogP contribution in [0.2, 0.25) is 0 Å². The minimum atomic E-state index is -0.731. The van der Waals surface area contributed by atoms with Crippen molar-refractivity contribution in [3.8, 4) is 11.5 Å². The molecule has 0 unspecified atom stereocenters. The van der Waals surface area contributed by atoms with Gasteiger partial charge < -0.3 is 9.52 Å². The molecule has 7 nitrogen and oxygen atoms in total. The normalized spacial score (nSPS) is 14.8. The molecule has 0 saturated carbocycles. The number of hydrogen-bond donors (Lipinski definition) is 1. The smallest absolute Gasteiger partial charge is 0.309 e. The number of pyridine rings is 1. The van der Waals surface area contributed by atoms with E-state index in [0.29, 0.717) is 31.4 Å². The molecule has 0 aliphatic carbocycles. The van der Waals surface area contributed by atoms with Gasteiger partial charge in [0.2, 0.25) is 11.8 Å². The largest absolute Gasteiger partial charge is 0.481 e. The highest BCUT2D eigenvalue weighted by Crippen LogP contribution is 2.32. The Labute approximate surface area is 204 Å². The molecular formula is C28H28N4O3. The number of fused-ring (bicyclic) bond motifs is 1. The molecule has 1 aliphatic heterocycles. The lowest BCUT2D eigenvalue weighted by molar-refractivity contribution is -0.147. The van der Waals surface area contributed by atoms with Gasteiger partial charge in [-0.05, 0) is 41.7 Å². The maximum absolute atomic E-state index is 11.1. The van der Waals surface area contributed by atoms with E-state index in [4.69, 9.17) is 9.52 Å². The molecule has 2 aromatic carbocycles. The molecule has 0 bridgehead atoms. The summed E-state index contributed by atoms with van der Waals surface area (Å²) in [4.78, 5) is 17.9. The van der Waals surface area contributed by atoms with Crippen molar-refractivity contribution in [3.05, 3.63) is 77.8 Å². The van der Waals surface area contributed by atoms with Gasteiger partial charge in [0, 0.05) is 42.9 Å². The summed E-state index contributed by atoms with van der Waals surface area (Å²) in [6, 6.07) is 18.2. The van der Waals surface area contributed by atoms with Gasteiger partial charge in [0.05, 0.1) is 11.4 Å². The number of rotatable bonds is 9. The summed E-state index contributed by atoms with van der Waals surface area (Å²) in [5.41, 5.74) is 5.10. The number of carboxylic acid groups (broad SMARTS) is 1. The molecule has 5 rings (SSSR count). The second kappa shape index (κ2) is 10.2. The number of allylic oxidation sites excluding steroid dienone is 1. The van der Waals surface area contributed by atoms with Gasteiger partial charge in [0.15, 0.2) is 0 Å². The van der Waals surface area contributed by atoms with Crippen LogP contribution < -0.4 is 0 Å². The number of carboxylic acids is 1. The summed E-state index contributed by atoms with van der Waals surface area (Å²) in [6.07, 6.45) is 6.90. The lowest BCUT2D eigenvalue weighted by Gasteiger charge is -2.36. The van der Waals surface area contributed by atoms with Crippen LogP contribution in [0.5, 0.6) is 0 Å². The van der Waals surface area contributed by atoms with E-state index in [1.54, 1.807) is 6.20 Å². The van der Waals surface area contributed by atoms with Gasteiger partial charge in [0.25, 0.3) is 0 Å². The molecule has 3 heterocycles. The van der Waals surface area contributed by atoms with Crippen LogP contribution in [0.1, 0.15) is 43.2 Å². The van der Waals surface area contributed by atoms with E-state index in [-0.39, 0.29) is 5.92 Å². The first-order valence-corrected chi connectivity index (χ1v) is 12.0. The van der Waals surface area contributed by atoms with Gasteiger partial charge in [-0.1, -0.05) is 55.8 Å². The minimum absolute atomic E-state index is 0.281. The quantitative estimate of drug-likeness (QED) is 0.345. The summed E-state index contributed by atoms with van der Waals surface area (Å²) in [6.45, 7) is 3.97. The zero-order chi connectivity index (χ0) is 24.2. The Morgan fingerprint density at radius 2 is 1.94 bits per heavy atom. The molecule has 1 fully saturated rings. The summed E-state index contributed by atoms with van der Waals surface area (Å²) >= 11 is 0. The van der Waals surface area contributed by atoms with E-state index in [1.807, 2.05) is 48.5 Å². The Morgan fingerprint density at radius 3 is 2.71 bits per heavy atom. The minimum Gasteiger partial charge on any atom is -0.481 e. The third-order valence-electron chi connectivity index (χ3n) is 6.47. The molecule has 1 N–H and O–H groups in total. The van der Waals surface area contributed by atoms with Crippen LogP contribution in [-0.4, -0.2) is 44.2 Å². The fourth-order valence-corrected chi connectivity index (χ4v) is 4.51. The highest BCUT2D eigenvalue weighted by atomic mass is 16.4. The number of likely N-dealkylation sites (tertiary alicyclic amines) is 1. The molecule has 35 heavy (non-hydrogen) atoms. The van der Waals surface area contributed by atoms with E-state index >= 15 is 0 Å². The predicted molar refractivity (Wildman–Crippen MR) is 135 cm³/mol. The topological polar surface area (TPSA) is 92.4 Å². The standard InChI is InChI=1S/C28H28N4O3/c1-2-3-8-20(19-9-5-4-6-10-19)15-25-30-31-27(35-25)24-13-12-21(26-23(24)11-7-14-29-26)16-32-17-22(18-32)28(33)34/h4-7,9-15,22H,2-3,8,16-18H2,1H3,(H,33,34). The fraction of sp³-hybridized carbons (Fsp3) is 0.286. The van der Waals surface area contributed by atoms with Gasteiger partial charge in [-0.3, -0.25) is 14.7 Å².